The first kappa shape index (κ1) is 13.8. The molecule has 1 aromatic heterocycles. The van der Waals surface area contributed by atoms with Gasteiger partial charge in [-0.05, 0) is 18.1 Å². The second-order valence-corrected chi connectivity index (χ2v) is 4.91. The van der Waals surface area contributed by atoms with E-state index in [9.17, 15) is 4.79 Å². The van der Waals surface area contributed by atoms with Crippen LogP contribution in [-0.4, -0.2) is 29.1 Å². The molecule has 1 unspecified atom stereocenters. The average molecular weight is 279 g/mol. The average Bonchev–Trinajstić information content (AvgIpc) is 2.44. The molecule has 0 fully saturated rings. The predicted molar refractivity (Wildman–Crippen MR) is 75.3 cm³/mol. The van der Waals surface area contributed by atoms with E-state index in [1.54, 1.807) is 6.07 Å². The molecule has 1 aromatic carbocycles. The van der Waals surface area contributed by atoms with Crippen molar-refractivity contribution in [1.29, 1.82) is 0 Å². The number of fused-ring (bicyclic) bond motifs is 1. The summed E-state index contributed by atoms with van der Waals surface area (Å²) in [5.41, 5.74) is 0.976. The van der Waals surface area contributed by atoms with Gasteiger partial charge in [0.15, 0.2) is 0 Å². The monoisotopic (exact) mass is 278 g/mol. The van der Waals surface area contributed by atoms with Gasteiger partial charge in [0.1, 0.15) is 5.69 Å². The number of pyridine rings is 1. The highest BCUT2D eigenvalue weighted by molar-refractivity contribution is 6.35. The summed E-state index contributed by atoms with van der Waals surface area (Å²) >= 11 is 6.14. The minimum Gasteiger partial charge on any atom is -0.396 e. The topological polar surface area (TPSA) is 62.2 Å². The molecule has 1 atom stereocenters. The number of halogens is 1. The minimum atomic E-state index is -0.284. The van der Waals surface area contributed by atoms with Crippen LogP contribution in [-0.2, 0) is 0 Å². The van der Waals surface area contributed by atoms with Gasteiger partial charge >= 0.3 is 0 Å². The van der Waals surface area contributed by atoms with E-state index in [4.69, 9.17) is 16.7 Å². The highest BCUT2D eigenvalue weighted by Gasteiger charge is 2.11. The third-order valence-electron chi connectivity index (χ3n) is 2.82. The molecule has 5 heteroatoms. The van der Waals surface area contributed by atoms with Gasteiger partial charge in [0.05, 0.1) is 10.5 Å². The van der Waals surface area contributed by atoms with Gasteiger partial charge in [-0.15, -0.1) is 0 Å². The highest BCUT2D eigenvalue weighted by Crippen LogP contribution is 2.22. The maximum Gasteiger partial charge on any atom is 0.269 e. The standard InChI is InChI=1S/C14H15ClN2O2/c1-9(8-18)7-16-14(19)13-6-11(15)10-4-2-3-5-12(10)17-13/h2-6,9,18H,7-8H2,1H3,(H,16,19). The summed E-state index contributed by atoms with van der Waals surface area (Å²) in [6, 6.07) is 8.96. The molecule has 1 heterocycles. The number of aliphatic hydroxyl groups excluding tert-OH is 1. The molecule has 2 aromatic rings. The lowest BCUT2D eigenvalue weighted by Crippen LogP contribution is -2.30. The Bertz CT molecular complexity index is 601. The summed E-state index contributed by atoms with van der Waals surface area (Å²) in [5, 5.41) is 13.0. The van der Waals surface area contributed by atoms with Crippen LogP contribution in [0.5, 0.6) is 0 Å². The fraction of sp³-hybridized carbons (Fsp3) is 0.286. The van der Waals surface area contributed by atoms with Crippen molar-refractivity contribution in [1.82, 2.24) is 10.3 Å². The summed E-state index contributed by atoms with van der Waals surface area (Å²) in [7, 11) is 0. The van der Waals surface area contributed by atoms with Crippen LogP contribution in [0.1, 0.15) is 17.4 Å². The van der Waals surface area contributed by atoms with Crippen molar-refractivity contribution in [3.63, 3.8) is 0 Å². The fourth-order valence-corrected chi connectivity index (χ4v) is 1.93. The van der Waals surface area contributed by atoms with E-state index in [2.05, 4.69) is 10.3 Å². The van der Waals surface area contributed by atoms with Crippen molar-refractivity contribution in [2.24, 2.45) is 5.92 Å². The van der Waals surface area contributed by atoms with Gasteiger partial charge in [0, 0.05) is 18.5 Å². The minimum absolute atomic E-state index is 0.0138. The molecule has 0 aliphatic carbocycles. The molecular weight excluding hydrogens is 264 g/mol. The molecule has 0 radical (unpaired) electrons. The lowest BCUT2D eigenvalue weighted by atomic mass is 10.2. The van der Waals surface area contributed by atoms with Crippen LogP contribution in [0.2, 0.25) is 5.02 Å². The van der Waals surface area contributed by atoms with Crippen LogP contribution in [0, 0.1) is 5.92 Å². The van der Waals surface area contributed by atoms with Gasteiger partial charge in [-0.1, -0.05) is 36.7 Å². The first-order valence-electron chi connectivity index (χ1n) is 6.06. The molecule has 0 aliphatic heterocycles. The number of aliphatic hydroxyl groups is 1. The quantitative estimate of drug-likeness (QED) is 0.902. The zero-order valence-electron chi connectivity index (χ0n) is 10.6. The molecule has 2 rings (SSSR count). The number of hydrogen-bond donors (Lipinski definition) is 2. The number of para-hydroxylation sites is 1. The van der Waals surface area contributed by atoms with Crippen molar-refractivity contribution in [3.8, 4) is 0 Å². The first-order chi connectivity index (χ1) is 9.11. The van der Waals surface area contributed by atoms with Crippen LogP contribution in [0.3, 0.4) is 0 Å². The van der Waals surface area contributed by atoms with Crippen LogP contribution < -0.4 is 5.32 Å². The number of aromatic nitrogens is 1. The molecule has 0 spiro atoms. The van der Waals surface area contributed by atoms with Gasteiger partial charge in [-0.3, -0.25) is 4.79 Å². The Labute approximate surface area is 116 Å². The predicted octanol–water partition coefficient (Wildman–Crippen LogP) is 2.25. The third kappa shape index (κ3) is 3.22. The Morgan fingerprint density at radius 2 is 2.21 bits per heavy atom. The van der Waals surface area contributed by atoms with E-state index in [0.29, 0.717) is 17.1 Å². The lowest BCUT2D eigenvalue weighted by Gasteiger charge is -2.10. The highest BCUT2D eigenvalue weighted by atomic mass is 35.5. The SMILES string of the molecule is CC(CO)CNC(=O)c1cc(Cl)c2ccccc2n1. The van der Waals surface area contributed by atoms with Gasteiger partial charge in [-0.2, -0.15) is 0 Å². The van der Waals surface area contributed by atoms with Gasteiger partial charge in [0.25, 0.3) is 5.91 Å². The molecule has 0 saturated carbocycles. The summed E-state index contributed by atoms with van der Waals surface area (Å²) in [6.45, 7) is 2.29. The largest absolute Gasteiger partial charge is 0.396 e. The number of carbonyl (C=O) groups is 1. The molecule has 1 amide bonds. The summed E-state index contributed by atoms with van der Waals surface area (Å²) in [5.74, 6) is -0.271. The van der Waals surface area contributed by atoms with E-state index >= 15 is 0 Å². The molecule has 2 N–H and O–H groups in total. The lowest BCUT2D eigenvalue weighted by molar-refractivity contribution is 0.0937. The third-order valence-corrected chi connectivity index (χ3v) is 3.13. The molecule has 100 valence electrons. The van der Waals surface area contributed by atoms with E-state index in [1.165, 1.54) is 0 Å². The van der Waals surface area contributed by atoms with Gasteiger partial charge in [0.2, 0.25) is 0 Å². The Morgan fingerprint density at radius 3 is 2.95 bits per heavy atom. The summed E-state index contributed by atoms with van der Waals surface area (Å²) in [4.78, 5) is 16.2. The van der Waals surface area contributed by atoms with E-state index in [-0.39, 0.29) is 24.1 Å². The van der Waals surface area contributed by atoms with Gasteiger partial charge in [-0.25, -0.2) is 4.98 Å². The molecule has 0 aliphatic rings. The Balaban J connectivity index is 2.23. The van der Waals surface area contributed by atoms with Crippen molar-refractivity contribution >= 4 is 28.4 Å². The number of hydrogen-bond acceptors (Lipinski definition) is 3. The molecule has 0 saturated heterocycles. The Kier molecular flexibility index (Phi) is 4.35. The van der Waals surface area contributed by atoms with E-state index < -0.39 is 0 Å². The number of nitrogens with zero attached hydrogens (tertiary/aromatic N) is 1. The number of nitrogens with one attached hydrogen (secondary N) is 1. The van der Waals surface area contributed by atoms with Crippen molar-refractivity contribution < 1.29 is 9.90 Å². The van der Waals surface area contributed by atoms with Crippen LogP contribution >= 0.6 is 11.6 Å². The van der Waals surface area contributed by atoms with Crippen LogP contribution in [0.15, 0.2) is 30.3 Å². The molecule has 19 heavy (non-hydrogen) atoms. The van der Waals surface area contributed by atoms with Crippen molar-refractivity contribution in [2.75, 3.05) is 13.2 Å². The van der Waals surface area contributed by atoms with E-state index in [1.807, 2.05) is 31.2 Å². The fourth-order valence-electron chi connectivity index (χ4n) is 1.67. The summed E-state index contributed by atoms with van der Waals surface area (Å²) in [6.07, 6.45) is 0. The van der Waals surface area contributed by atoms with Crippen LogP contribution in [0.25, 0.3) is 10.9 Å². The second kappa shape index (κ2) is 5.99. The first-order valence-corrected chi connectivity index (χ1v) is 6.44. The Hall–Kier alpha value is -1.65. The van der Waals surface area contributed by atoms with Crippen LogP contribution in [0.4, 0.5) is 0 Å². The van der Waals surface area contributed by atoms with E-state index in [0.717, 1.165) is 5.39 Å². The number of amides is 1. The van der Waals surface area contributed by atoms with Gasteiger partial charge < -0.3 is 10.4 Å². The molecule has 4 nitrogen and oxygen atoms in total. The Morgan fingerprint density at radius 1 is 1.47 bits per heavy atom. The molecule has 0 bridgehead atoms. The molecular formula is C14H15ClN2O2. The number of benzene rings is 1. The summed E-state index contributed by atoms with van der Waals surface area (Å²) < 4.78 is 0. The zero-order chi connectivity index (χ0) is 13.8. The number of carbonyl (C=O) groups excluding carboxylic acids is 1. The number of rotatable bonds is 4. The second-order valence-electron chi connectivity index (χ2n) is 4.50. The van der Waals surface area contributed by atoms with Crippen molar-refractivity contribution in [2.45, 2.75) is 6.92 Å². The normalized spacial score (nSPS) is 12.4. The maximum atomic E-state index is 11.9. The van der Waals surface area contributed by atoms with Crippen molar-refractivity contribution in [3.05, 3.63) is 41.0 Å². The zero-order valence-corrected chi connectivity index (χ0v) is 11.3. The smallest absolute Gasteiger partial charge is 0.269 e. The maximum absolute atomic E-state index is 11.9.